The molecule has 7 heteroatoms. The molecule has 224 valence electrons. The Morgan fingerprint density at radius 2 is 1.81 bits per heavy atom. The van der Waals surface area contributed by atoms with Crippen molar-refractivity contribution in [3.63, 3.8) is 0 Å². The van der Waals surface area contributed by atoms with Gasteiger partial charge in [0.2, 0.25) is 5.88 Å². The Morgan fingerprint density at radius 1 is 1.07 bits per heavy atom. The van der Waals surface area contributed by atoms with Gasteiger partial charge in [-0.2, -0.15) is 4.99 Å². The molecule has 0 aromatic heterocycles. The number of likely N-dealkylation sites (tertiary alicyclic amines) is 1. The Hall–Kier alpha value is -2.54. The second kappa shape index (κ2) is 11.9. The minimum atomic E-state index is 0.219. The highest BCUT2D eigenvalue weighted by Gasteiger charge is 2.45. The van der Waals surface area contributed by atoms with Gasteiger partial charge in [-0.15, -0.1) is 0 Å². The molecule has 6 nitrogen and oxygen atoms in total. The smallest absolute Gasteiger partial charge is 0.211 e. The van der Waals surface area contributed by atoms with Crippen LogP contribution < -0.4 is 10.2 Å². The van der Waals surface area contributed by atoms with Crippen molar-refractivity contribution in [1.82, 2.24) is 15.1 Å². The number of allylic oxidation sites excluding steroid dienone is 1. The van der Waals surface area contributed by atoms with E-state index in [1.165, 1.54) is 73.8 Å². The molecule has 0 radical (unpaired) electrons. The van der Waals surface area contributed by atoms with Crippen molar-refractivity contribution in [2.75, 3.05) is 50.8 Å². The highest BCUT2D eigenvalue weighted by atomic mass is 35.5. The largest absolute Gasteiger partial charge is 0.476 e. The number of anilines is 1. The Balaban J connectivity index is 1.20. The van der Waals surface area contributed by atoms with Crippen LogP contribution in [-0.2, 0) is 4.74 Å². The highest BCUT2D eigenvalue weighted by molar-refractivity contribution is 6.36. The van der Waals surface area contributed by atoms with E-state index in [-0.39, 0.29) is 5.54 Å². The molecule has 2 atom stereocenters. The lowest BCUT2D eigenvalue weighted by atomic mass is 9.95. The average Bonchev–Trinajstić information content (AvgIpc) is 3.68. The van der Waals surface area contributed by atoms with Gasteiger partial charge in [0.05, 0.1) is 10.6 Å². The normalized spacial score (nSPS) is 26.5. The fourth-order valence-corrected chi connectivity index (χ4v) is 8.63. The lowest BCUT2D eigenvalue weighted by Crippen LogP contribution is -2.54. The molecule has 0 saturated carbocycles. The van der Waals surface area contributed by atoms with Crippen LogP contribution in [0.25, 0.3) is 10.8 Å². The second-order valence-corrected chi connectivity index (χ2v) is 13.6. The summed E-state index contributed by atoms with van der Waals surface area (Å²) in [5, 5.41) is 6.99. The Kier molecular flexibility index (Phi) is 7.97. The SMILES string of the molecule is CC/C=C(/N=C(\C1=C(C)CN(c2cccc3cccc(Cl)c23)CC1)N1CC2CCC(C1)N2)OCC12CCCN1CCC2. The minimum Gasteiger partial charge on any atom is -0.476 e. The lowest BCUT2D eigenvalue weighted by Gasteiger charge is -2.39. The van der Waals surface area contributed by atoms with Gasteiger partial charge in [0.15, 0.2) is 0 Å². The van der Waals surface area contributed by atoms with E-state index in [0.717, 1.165) is 67.8 Å². The molecule has 4 saturated heterocycles. The van der Waals surface area contributed by atoms with E-state index in [1.54, 1.807) is 0 Å². The Morgan fingerprint density at radius 3 is 2.52 bits per heavy atom. The summed E-state index contributed by atoms with van der Waals surface area (Å²) in [6.45, 7) is 11.6. The van der Waals surface area contributed by atoms with E-state index in [0.29, 0.717) is 12.1 Å². The third-order valence-corrected chi connectivity index (χ3v) is 10.7. The van der Waals surface area contributed by atoms with Crippen LogP contribution in [0, 0.1) is 0 Å². The predicted octanol–water partition coefficient (Wildman–Crippen LogP) is 6.75. The molecule has 0 aliphatic carbocycles. The standard InChI is InChI=1S/C35H46ClN5O/c1-3-8-32(42-24-35-16-6-18-41(35)19-7-17-35)38-34(40-22-27-13-14-28(23-40)37-27)29-15-20-39(21-25(29)2)31-12-5-10-26-9-4-11-30(36)33(26)31/h4-5,8-12,27-28,37H,3,6-7,13-24H2,1-2H3/b32-8-,38-34+. The van der Waals surface area contributed by atoms with E-state index in [4.69, 9.17) is 21.3 Å². The van der Waals surface area contributed by atoms with Crippen LogP contribution in [0.3, 0.4) is 0 Å². The third-order valence-electron chi connectivity index (χ3n) is 10.4. The van der Waals surface area contributed by atoms with Gasteiger partial charge in [-0.05, 0) is 106 Å². The minimum absolute atomic E-state index is 0.219. The number of fused-ring (bicyclic) bond motifs is 4. The molecule has 4 fully saturated rings. The summed E-state index contributed by atoms with van der Waals surface area (Å²) in [5.74, 6) is 1.96. The number of halogens is 1. The van der Waals surface area contributed by atoms with Gasteiger partial charge in [0, 0.05) is 49.3 Å². The first kappa shape index (κ1) is 28.2. The molecule has 1 N–H and O–H groups in total. The zero-order valence-corrected chi connectivity index (χ0v) is 26.1. The molecule has 5 aliphatic heterocycles. The molecule has 5 aliphatic rings. The molecule has 0 spiro atoms. The topological polar surface area (TPSA) is 43.3 Å². The zero-order valence-electron chi connectivity index (χ0n) is 25.4. The van der Waals surface area contributed by atoms with Crippen LogP contribution >= 0.6 is 11.6 Å². The number of amidine groups is 1. The number of aliphatic imine (C=N–C) groups is 1. The Labute approximate surface area is 256 Å². The number of nitrogens with zero attached hydrogens (tertiary/aromatic N) is 4. The summed E-state index contributed by atoms with van der Waals surface area (Å²) in [5.41, 5.74) is 4.23. The van der Waals surface area contributed by atoms with Gasteiger partial charge in [-0.25, -0.2) is 0 Å². The predicted molar refractivity (Wildman–Crippen MR) is 175 cm³/mol. The van der Waals surface area contributed by atoms with Crippen LogP contribution in [0.15, 0.2) is 64.5 Å². The Bertz CT molecular complexity index is 1390. The molecular formula is C35H46ClN5O. The number of nitrogens with one attached hydrogen (secondary N) is 1. The third kappa shape index (κ3) is 5.35. The van der Waals surface area contributed by atoms with Gasteiger partial charge in [0.25, 0.3) is 0 Å². The molecule has 2 unspecified atom stereocenters. The number of benzene rings is 2. The monoisotopic (exact) mass is 587 g/mol. The number of rotatable bonds is 7. The number of hydrogen-bond donors (Lipinski definition) is 1. The van der Waals surface area contributed by atoms with E-state index in [1.807, 2.05) is 12.1 Å². The van der Waals surface area contributed by atoms with Crippen molar-refractivity contribution in [1.29, 1.82) is 0 Å². The van der Waals surface area contributed by atoms with E-state index < -0.39 is 0 Å². The van der Waals surface area contributed by atoms with Crippen molar-refractivity contribution >= 4 is 33.9 Å². The first-order valence-corrected chi connectivity index (χ1v) is 16.7. The molecular weight excluding hydrogens is 542 g/mol. The molecule has 0 amide bonds. The van der Waals surface area contributed by atoms with Gasteiger partial charge in [-0.1, -0.05) is 42.8 Å². The average molecular weight is 588 g/mol. The molecule has 5 heterocycles. The first-order valence-electron chi connectivity index (χ1n) is 16.3. The van der Waals surface area contributed by atoms with Crippen molar-refractivity contribution in [3.8, 4) is 0 Å². The fraction of sp³-hybridized carbons (Fsp3) is 0.571. The molecule has 42 heavy (non-hydrogen) atoms. The highest BCUT2D eigenvalue weighted by Crippen LogP contribution is 2.40. The fourth-order valence-electron chi connectivity index (χ4n) is 8.35. The summed E-state index contributed by atoms with van der Waals surface area (Å²) in [7, 11) is 0. The summed E-state index contributed by atoms with van der Waals surface area (Å²) in [6.07, 6.45) is 11.7. The summed E-state index contributed by atoms with van der Waals surface area (Å²) < 4.78 is 6.68. The van der Waals surface area contributed by atoms with Gasteiger partial charge >= 0.3 is 0 Å². The molecule has 2 aromatic rings. The summed E-state index contributed by atoms with van der Waals surface area (Å²) >= 11 is 6.74. The van der Waals surface area contributed by atoms with Crippen molar-refractivity contribution in [2.24, 2.45) is 4.99 Å². The number of ether oxygens (including phenoxy) is 1. The summed E-state index contributed by atoms with van der Waals surface area (Å²) in [6, 6.07) is 13.8. The van der Waals surface area contributed by atoms with Crippen LogP contribution in [0.2, 0.25) is 5.02 Å². The molecule has 2 bridgehead atoms. The maximum Gasteiger partial charge on any atom is 0.211 e. The van der Waals surface area contributed by atoms with Crippen molar-refractivity contribution in [3.05, 3.63) is 64.5 Å². The second-order valence-electron chi connectivity index (χ2n) is 13.2. The maximum absolute atomic E-state index is 6.74. The lowest BCUT2D eigenvalue weighted by molar-refractivity contribution is 0.0716. The van der Waals surface area contributed by atoms with Crippen LogP contribution in [0.1, 0.15) is 65.2 Å². The maximum atomic E-state index is 6.74. The summed E-state index contributed by atoms with van der Waals surface area (Å²) in [4.78, 5) is 13.2. The van der Waals surface area contributed by atoms with Crippen molar-refractivity contribution in [2.45, 2.75) is 82.8 Å². The van der Waals surface area contributed by atoms with Crippen molar-refractivity contribution < 1.29 is 4.74 Å². The van der Waals surface area contributed by atoms with Gasteiger partial charge in [0.1, 0.15) is 12.4 Å². The van der Waals surface area contributed by atoms with Crippen LogP contribution in [0.5, 0.6) is 0 Å². The molecule has 2 aromatic carbocycles. The first-order chi connectivity index (χ1) is 20.5. The quantitative estimate of drug-likeness (QED) is 0.220. The number of piperazine rings is 1. The van der Waals surface area contributed by atoms with Gasteiger partial charge < -0.3 is 19.9 Å². The van der Waals surface area contributed by atoms with Crippen LogP contribution in [0.4, 0.5) is 5.69 Å². The van der Waals surface area contributed by atoms with Crippen LogP contribution in [-0.4, -0.2) is 79.1 Å². The van der Waals surface area contributed by atoms with Gasteiger partial charge in [-0.3, -0.25) is 4.90 Å². The number of hydrogen-bond acceptors (Lipinski definition) is 5. The van der Waals surface area contributed by atoms with E-state index >= 15 is 0 Å². The van der Waals surface area contributed by atoms with E-state index in [9.17, 15) is 0 Å². The zero-order chi connectivity index (χ0) is 28.7. The van der Waals surface area contributed by atoms with E-state index in [2.05, 4.69) is 64.2 Å². The molecule has 7 rings (SSSR count).